The molecule has 5 heteroatoms. The number of fused-ring (bicyclic) bond motifs is 1. The van der Waals surface area contributed by atoms with E-state index in [4.69, 9.17) is 19.4 Å². The highest BCUT2D eigenvalue weighted by Crippen LogP contribution is 2.34. The summed E-state index contributed by atoms with van der Waals surface area (Å²) in [6.45, 7) is 1.97. The Morgan fingerprint density at radius 2 is 1.92 bits per heavy atom. The highest BCUT2D eigenvalue weighted by atomic mass is 35.5. The molecule has 2 radical (unpaired) electrons. The van der Waals surface area contributed by atoms with Crippen LogP contribution in [0.25, 0.3) is 22.0 Å². The van der Waals surface area contributed by atoms with E-state index in [0.29, 0.717) is 16.9 Å². The fourth-order valence-electron chi connectivity index (χ4n) is 2.95. The van der Waals surface area contributed by atoms with Crippen molar-refractivity contribution in [2.24, 2.45) is 0 Å². The Labute approximate surface area is 146 Å². The van der Waals surface area contributed by atoms with E-state index in [1.165, 1.54) is 0 Å². The second-order valence-electron chi connectivity index (χ2n) is 5.62. The minimum Gasteiger partial charge on any atom is -0.481 e. The summed E-state index contributed by atoms with van der Waals surface area (Å²) < 4.78 is 0. The Bertz CT molecular complexity index is 923. The molecule has 3 nitrogen and oxygen atoms in total. The summed E-state index contributed by atoms with van der Waals surface area (Å²) in [4.78, 5) is 16.1. The number of hydrogen-bond acceptors (Lipinski definition) is 2. The van der Waals surface area contributed by atoms with E-state index in [2.05, 4.69) is 4.98 Å². The highest BCUT2D eigenvalue weighted by molar-refractivity contribution is 6.33. The molecule has 1 N–H and O–H groups in total. The Kier molecular flexibility index (Phi) is 4.58. The standard InChI is InChI=1S/C19H15BClNO2/c1-2-16-15(10-18(23)24)19(11-3-6-13(21)7-4-11)14-9-12(20)5-8-17(14)22-16/h3-9H,2,10H2,1H3,(H,23,24). The molecule has 0 unspecified atom stereocenters. The van der Waals surface area contributed by atoms with Crippen LogP contribution in [0.3, 0.4) is 0 Å². The van der Waals surface area contributed by atoms with Crippen LogP contribution in [-0.4, -0.2) is 23.9 Å². The van der Waals surface area contributed by atoms with Gasteiger partial charge in [0.15, 0.2) is 0 Å². The summed E-state index contributed by atoms with van der Waals surface area (Å²) in [7, 11) is 5.95. The maximum atomic E-state index is 11.4. The summed E-state index contributed by atoms with van der Waals surface area (Å²) in [5.41, 5.74) is 4.71. The van der Waals surface area contributed by atoms with Crippen LogP contribution >= 0.6 is 11.6 Å². The first-order valence-corrected chi connectivity index (χ1v) is 8.06. The van der Waals surface area contributed by atoms with Crippen LogP contribution < -0.4 is 5.46 Å². The van der Waals surface area contributed by atoms with Crippen LogP contribution in [0.15, 0.2) is 42.5 Å². The van der Waals surface area contributed by atoms with Gasteiger partial charge < -0.3 is 5.11 Å². The number of benzene rings is 2. The van der Waals surface area contributed by atoms with Gasteiger partial charge in [-0.05, 0) is 41.3 Å². The van der Waals surface area contributed by atoms with Gasteiger partial charge in [0.25, 0.3) is 0 Å². The summed E-state index contributed by atoms with van der Waals surface area (Å²) in [5.74, 6) is -0.884. The lowest BCUT2D eigenvalue weighted by Crippen LogP contribution is -2.09. The Balaban J connectivity index is 2.41. The molecular formula is C19H15BClNO2. The third kappa shape index (κ3) is 3.15. The van der Waals surface area contributed by atoms with Crippen molar-refractivity contribution in [3.05, 3.63) is 58.7 Å². The minimum absolute atomic E-state index is 0.0845. The second-order valence-corrected chi connectivity index (χ2v) is 6.06. The van der Waals surface area contributed by atoms with Crippen LogP contribution in [-0.2, 0) is 17.6 Å². The van der Waals surface area contributed by atoms with Crippen LogP contribution in [0.4, 0.5) is 0 Å². The maximum Gasteiger partial charge on any atom is 0.307 e. The number of pyridine rings is 1. The molecule has 1 heterocycles. The number of aromatic nitrogens is 1. The van der Waals surface area contributed by atoms with E-state index in [0.717, 1.165) is 33.3 Å². The number of carboxylic acid groups (broad SMARTS) is 1. The lowest BCUT2D eigenvalue weighted by atomic mass is 9.88. The van der Waals surface area contributed by atoms with Gasteiger partial charge in [-0.2, -0.15) is 0 Å². The monoisotopic (exact) mass is 335 g/mol. The predicted octanol–water partition coefficient (Wildman–Crippen LogP) is 3.54. The van der Waals surface area contributed by atoms with Crippen molar-refractivity contribution in [3.8, 4) is 11.1 Å². The number of halogens is 1. The van der Waals surface area contributed by atoms with E-state index >= 15 is 0 Å². The predicted molar refractivity (Wildman–Crippen MR) is 98.3 cm³/mol. The van der Waals surface area contributed by atoms with Crippen molar-refractivity contribution < 1.29 is 9.90 Å². The average Bonchev–Trinajstić information content (AvgIpc) is 2.55. The summed E-state index contributed by atoms with van der Waals surface area (Å²) in [6, 6.07) is 12.9. The van der Waals surface area contributed by atoms with Gasteiger partial charge in [0.05, 0.1) is 11.9 Å². The molecule has 3 rings (SSSR count). The van der Waals surface area contributed by atoms with E-state index in [1.807, 2.05) is 31.2 Å². The zero-order valence-corrected chi connectivity index (χ0v) is 14.0. The molecule has 0 spiro atoms. The molecule has 0 aliphatic rings. The van der Waals surface area contributed by atoms with Crippen molar-refractivity contribution in [2.75, 3.05) is 0 Å². The number of carboxylic acids is 1. The normalized spacial score (nSPS) is 10.9. The van der Waals surface area contributed by atoms with Gasteiger partial charge in [0.1, 0.15) is 7.85 Å². The zero-order chi connectivity index (χ0) is 17.3. The minimum atomic E-state index is -0.884. The third-order valence-electron chi connectivity index (χ3n) is 3.99. The lowest BCUT2D eigenvalue weighted by Gasteiger charge is -2.16. The van der Waals surface area contributed by atoms with Gasteiger partial charge >= 0.3 is 5.97 Å². The Morgan fingerprint density at radius 1 is 1.21 bits per heavy atom. The molecule has 1 aromatic heterocycles. The van der Waals surface area contributed by atoms with E-state index in [1.54, 1.807) is 18.2 Å². The first-order valence-electron chi connectivity index (χ1n) is 7.68. The Hall–Kier alpha value is -2.33. The first-order chi connectivity index (χ1) is 11.5. The van der Waals surface area contributed by atoms with Crippen molar-refractivity contribution in [1.82, 2.24) is 4.98 Å². The molecule has 0 saturated carbocycles. The van der Waals surface area contributed by atoms with Crippen molar-refractivity contribution in [3.63, 3.8) is 0 Å². The molecule has 0 aliphatic carbocycles. The van der Waals surface area contributed by atoms with Gasteiger partial charge in [-0.3, -0.25) is 9.78 Å². The fourth-order valence-corrected chi connectivity index (χ4v) is 3.08. The van der Waals surface area contributed by atoms with Gasteiger partial charge in [0, 0.05) is 16.1 Å². The van der Waals surface area contributed by atoms with E-state index in [9.17, 15) is 9.90 Å². The van der Waals surface area contributed by atoms with Gasteiger partial charge in [-0.25, -0.2) is 0 Å². The molecule has 0 amide bonds. The van der Waals surface area contributed by atoms with E-state index < -0.39 is 5.97 Å². The SMILES string of the molecule is [B]c1ccc2nc(CC)c(CC(=O)O)c(-c3ccc(Cl)cc3)c2c1. The largest absolute Gasteiger partial charge is 0.481 e. The molecule has 0 aliphatic heterocycles. The molecule has 0 atom stereocenters. The number of nitrogens with zero attached hydrogens (tertiary/aromatic N) is 1. The smallest absolute Gasteiger partial charge is 0.307 e. The molecule has 0 bridgehead atoms. The number of hydrogen-bond donors (Lipinski definition) is 1. The fraction of sp³-hybridized carbons (Fsp3) is 0.158. The van der Waals surface area contributed by atoms with Crippen molar-refractivity contribution in [1.29, 1.82) is 0 Å². The molecule has 0 saturated heterocycles. The van der Waals surface area contributed by atoms with Crippen LogP contribution in [0.5, 0.6) is 0 Å². The first kappa shape index (κ1) is 16.5. The molecule has 118 valence electrons. The number of rotatable bonds is 4. The number of aryl methyl sites for hydroxylation is 1. The molecular weight excluding hydrogens is 320 g/mol. The number of carbonyl (C=O) groups is 1. The molecule has 3 aromatic rings. The summed E-state index contributed by atoms with van der Waals surface area (Å²) >= 11 is 6.00. The van der Waals surface area contributed by atoms with Crippen molar-refractivity contribution in [2.45, 2.75) is 19.8 Å². The van der Waals surface area contributed by atoms with Gasteiger partial charge in [0.2, 0.25) is 0 Å². The highest BCUT2D eigenvalue weighted by Gasteiger charge is 2.18. The number of aliphatic carboxylic acids is 1. The summed E-state index contributed by atoms with van der Waals surface area (Å²) in [6.07, 6.45) is 0.572. The van der Waals surface area contributed by atoms with Crippen LogP contribution in [0, 0.1) is 0 Å². The lowest BCUT2D eigenvalue weighted by molar-refractivity contribution is -0.136. The Morgan fingerprint density at radius 3 is 2.54 bits per heavy atom. The maximum absolute atomic E-state index is 11.4. The van der Waals surface area contributed by atoms with Crippen molar-refractivity contribution >= 4 is 41.8 Å². The molecule has 24 heavy (non-hydrogen) atoms. The van der Waals surface area contributed by atoms with Gasteiger partial charge in [-0.15, -0.1) is 0 Å². The van der Waals surface area contributed by atoms with Crippen LogP contribution in [0.1, 0.15) is 18.2 Å². The topological polar surface area (TPSA) is 50.2 Å². The summed E-state index contributed by atoms with van der Waals surface area (Å²) in [5, 5.41) is 10.8. The quantitative estimate of drug-likeness (QED) is 0.742. The molecule has 0 fully saturated rings. The molecule has 2 aromatic carbocycles. The average molecular weight is 336 g/mol. The zero-order valence-electron chi connectivity index (χ0n) is 13.2. The second kappa shape index (κ2) is 6.66. The van der Waals surface area contributed by atoms with Gasteiger partial charge in [-0.1, -0.05) is 48.3 Å². The van der Waals surface area contributed by atoms with Crippen LogP contribution in [0.2, 0.25) is 5.02 Å². The third-order valence-corrected chi connectivity index (χ3v) is 4.24. The van der Waals surface area contributed by atoms with E-state index in [-0.39, 0.29) is 6.42 Å².